The van der Waals surface area contributed by atoms with Gasteiger partial charge in [-0.15, -0.1) is 0 Å². The monoisotopic (exact) mass is 260 g/mol. The molecule has 0 radical (unpaired) electrons. The van der Waals surface area contributed by atoms with Crippen LogP contribution in [0.1, 0.15) is 47.5 Å². The second-order valence-electron chi connectivity index (χ2n) is 4.21. The summed E-state index contributed by atoms with van der Waals surface area (Å²) in [4.78, 5) is 30.8. The van der Waals surface area contributed by atoms with Crippen LogP contribution in [0.25, 0.3) is 0 Å². The Hall–Kier alpha value is -1.39. The molecule has 0 aliphatic rings. The van der Waals surface area contributed by atoms with Crippen LogP contribution in [0.15, 0.2) is 0 Å². The van der Waals surface area contributed by atoms with E-state index in [1.807, 2.05) is 0 Å². The molecule has 0 aromatic heterocycles. The Balaban J connectivity index is 0. The van der Waals surface area contributed by atoms with Crippen LogP contribution in [-0.4, -0.2) is 30.9 Å². The van der Waals surface area contributed by atoms with Crippen LogP contribution < -0.4 is 0 Å². The third kappa shape index (κ3) is 20.1. The summed E-state index contributed by atoms with van der Waals surface area (Å²) in [5.74, 6) is -0.168. The quantitative estimate of drug-likeness (QED) is 0.540. The van der Waals surface area contributed by atoms with Crippen LogP contribution in [-0.2, 0) is 23.9 Å². The molecule has 0 heterocycles. The van der Waals surface area contributed by atoms with Crippen molar-refractivity contribution in [2.24, 2.45) is 5.92 Å². The molecule has 0 amide bonds. The van der Waals surface area contributed by atoms with Crippen molar-refractivity contribution in [3.05, 3.63) is 0 Å². The van der Waals surface area contributed by atoms with Gasteiger partial charge in [0.2, 0.25) is 0 Å². The van der Waals surface area contributed by atoms with Crippen molar-refractivity contribution >= 4 is 17.7 Å². The number of esters is 2. The van der Waals surface area contributed by atoms with Gasteiger partial charge in [0.25, 0.3) is 0 Å². The van der Waals surface area contributed by atoms with Gasteiger partial charge in [-0.3, -0.25) is 14.4 Å². The fourth-order valence-electron chi connectivity index (χ4n) is 0.854. The Labute approximate surface area is 109 Å². The summed E-state index contributed by atoms with van der Waals surface area (Å²) in [5.41, 5.74) is 0. The molecule has 0 spiro atoms. The van der Waals surface area contributed by atoms with E-state index >= 15 is 0 Å². The molecule has 0 bridgehead atoms. The molecule has 5 heteroatoms. The maximum atomic E-state index is 10.4. The maximum Gasteiger partial charge on any atom is 0.313 e. The summed E-state index contributed by atoms with van der Waals surface area (Å²) < 4.78 is 9.21. The van der Waals surface area contributed by atoms with E-state index in [0.717, 1.165) is 6.42 Å². The SMILES string of the molecule is CC(=O)OCCC(C)C.CCOC(=O)CC(C)=O. The predicted octanol–water partition coefficient (Wildman–Crippen LogP) is 2.12. The number of carbonyl (C=O) groups is 3. The molecule has 5 nitrogen and oxygen atoms in total. The number of ketones is 1. The van der Waals surface area contributed by atoms with E-state index in [2.05, 4.69) is 18.6 Å². The summed E-state index contributed by atoms with van der Waals surface area (Å²) in [5, 5.41) is 0. The van der Waals surface area contributed by atoms with Crippen molar-refractivity contribution in [3.8, 4) is 0 Å². The molecule has 0 aromatic rings. The minimum atomic E-state index is -0.440. The molecular formula is C13H24O5. The normalized spacial score (nSPS) is 9.22. The molecule has 0 aliphatic carbocycles. The van der Waals surface area contributed by atoms with Crippen molar-refractivity contribution in [3.63, 3.8) is 0 Å². The molecule has 0 aliphatic heterocycles. The van der Waals surface area contributed by atoms with E-state index in [1.165, 1.54) is 13.8 Å². The van der Waals surface area contributed by atoms with Crippen molar-refractivity contribution in [1.29, 1.82) is 0 Å². The van der Waals surface area contributed by atoms with Gasteiger partial charge in [0.05, 0.1) is 13.2 Å². The fraction of sp³-hybridized carbons (Fsp3) is 0.769. The zero-order valence-electron chi connectivity index (χ0n) is 11.9. The van der Waals surface area contributed by atoms with E-state index in [9.17, 15) is 14.4 Å². The first kappa shape index (κ1) is 19.0. The standard InChI is InChI=1S/C7H14O2.C6H10O3/c1-6(2)4-5-9-7(3)8;1-3-9-6(8)4-5(2)7/h6H,4-5H2,1-3H3;3-4H2,1-2H3. The summed E-state index contributed by atoms with van der Waals surface area (Å²) in [6.07, 6.45) is 0.855. The largest absolute Gasteiger partial charge is 0.466 e. The summed E-state index contributed by atoms with van der Waals surface area (Å²) in [7, 11) is 0. The average Bonchev–Trinajstić information content (AvgIpc) is 2.16. The Morgan fingerprint density at radius 3 is 1.94 bits per heavy atom. The van der Waals surface area contributed by atoms with Gasteiger partial charge in [-0.2, -0.15) is 0 Å². The molecule has 0 saturated carbocycles. The number of rotatable bonds is 6. The van der Waals surface area contributed by atoms with E-state index < -0.39 is 5.97 Å². The summed E-state index contributed by atoms with van der Waals surface area (Å²) >= 11 is 0. The molecular weight excluding hydrogens is 236 g/mol. The Kier molecular flexibility index (Phi) is 12.7. The highest BCUT2D eigenvalue weighted by Gasteiger charge is 2.03. The Bertz CT molecular complexity index is 258. The zero-order valence-corrected chi connectivity index (χ0v) is 11.9. The van der Waals surface area contributed by atoms with Gasteiger partial charge in [-0.1, -0.05) is 13.8 Å². The molecule has 106 valence electrons. The smallest absolute Gasteiger partial charge is 0.313 e. The van der Waals surface area contributed by atoms with Crippen molar-refractivity contribution in [1.82, 2.24) is 0 Å². The Morgan fingerprint density at radius 2 is 1.61 bits per heavy atom. The highest BCUT2D eigenvalue weighted by molar-refractivity contribution is 5.94. The van der Waals surface area contributed by atoms with Gasteiger partial charge in [-0.05, 0) is 26.2 Å². The summed E-state index contributed by atoms with van der Waals surface area (Å²) in [6.45, 7) is 9.60. The number of Topliss-reactive ketones (excluding diaryl/α,β-unsaturated/α-hetero) is 1. The molecule has 0 unspecified atom stereocenters. The first-order chi connectivity index (χ1) is 8.29. The van der Waals surface area contributed by atoms with E-state index in [-0.39, 0.29) is 18.2 Å². The Morgan fingerprint density at radius 1 is 1.06 bits per heavy atom. The number of ether oxygens (including phenoxy) is 2. The second-order valence-corrected chi connectivity index (χ2v) is 4.21. The first-order valence-electron chi connectivity index (χ1n) is 6.08. The predicted molar refractivity (Wildman–Crippen MR) is 68.0 cm³/mol. The fourth-order valence-corrected chi connectivity index (χ4v) is 0.854. The van der Waals surface area contributed by atoms with Gasteiger partial charge in [0.15, 0.2) is 0 Å². The lowest BCUT2D eigenvalue weighted by atomic mass is 10.1. The second kappa shape index (κ2) is 12.1. The zero-order chi connectivity index (χ0) is 14.6. The summed E-state index contributed by atoms with van der Waals surface area (Å²) in [6, 6.07) is 0. The van der Waals surface area contributed by atoms with Gasteiger partial charge in [0.1, 0.15) is 12.2 Å². The third-order valence-electron chi connectivity index (χ3n) is 1.70. The van der Waals surface area contributed by atoms with Crippen LogP contribution in [0.3, 0.4) is 0 Å². The van der Waals surface area contributed by atoms with Gasteiger partial charge in [-0.25, -0.2) is 0 Å². The van der Waals surface area contributed by atoms with Crippen LogP contribution >= 0.6 is 0 Å². The molecule has 0 aromatic carbocycles. The van der Waals surface area contributed by atoms with Crippen LogP contribution in [0, 0.1) is 5.92 Å². The number of hydrogen-bond acceptors (Lipinski definition) is 5. The lowest BCUT2D eigenvalue weighted by Crippen LogP contribution is -2.07. The molecule has 0 N–H and O–H groups in total. The maximum absolute atomic E-state index is 10.4. The van der Waals surface area contributed by atoms with E-state index in [4.69, 9.17) is 4.74 Å². The lowest BCUT2D eigenvalue weighted by Gasteiger charge is -2.02. The van der Waals surface area contributed by atoms with Crippen molar-refractivity contribution < 1.29 is 23.9 Å². The first-order valence-corrected chi connectivity index (χ1v) is 6.08. The highest BCUT2D eigenvalue weighted by atomic mass is 16.5. The van der Waals surface area contributed by atoms with Crippen molar-refractivity contribution in [2.45, 2.75) is 47.5 Å². The van der Waals surface area contributed by atoms with Crippen LogP contribution in [0.5, 0.6) is 0 Å². The minimum absolute atomic E-state index is 0.103. The lowest BCUT2D eigenvalue weighted by molar-refractivity contribution is -0.145. The van der Waals surface area contributed by atoms with Gasteiger partial charge in [0, 0.05) is 6.92 Å². The van der Waals surface area contributed by atoms with Gasteiger partial charge >= 0.3 is 11.9 Å². The number of carbonyl (C=O) groups excluding carboxylic acids is 3. The minimum Gasteiger partial charge on any atom is -0.466 e. The molecule has 18 heavy (non-hydrogen) atoms. The van der Waals surface area contributed by atoms with Crippen molar-refractivity contribution in [2.75, 3.05) is 13.2 Å². The average molecular weight is 260 g/mol. The molecule has 0 rings (SSSR count). The highest BCUT2D eigenvalue weighted by Crippen LogP contribution is 1.98. The molecule has 0 atom stereocenters. The third-order valence-corrected chi connectivity index (χ3v) is 1.70. The van der Waals surface area contributed by atoms with E-state index in [1.54, 1.807) is 6.92 Å². The molecule has 0 saturated heterocycles. The van der Waals surface area contributed by atoms with Gasteiger partial charge < -0.3 is 9.47 Å². The van der Waals surface area contributed by atoms with Crippen LogP contribution in [0.4, 0.5) is 0 Å². The topological polar surface area (TPSA) is 69.7 Å². The molecule has 0 fully saturated rings. The van der Waals surface area contributed by atoms with Crippen LogP contribution in [0.2, 0.25) is 0 Å². The number of hydrogen-bond donors (Lipinski definition) is 0. The van der Waals surface area contributed by atoms with E-state index in [0.29, 0.717) is 19.1 Å².